The van der Waals surface area contributed by atoms with Crippen molar-refractivity contribution in [3.8, 4) is 12.1 Å². The summed E-state index contributed by atoms with van der Waals surface area (Å²) < 4.78 is 1.33. The molecule has 0 radical (unpaired) electrons. The summed E-state index contributed by atoms with van der Waals surface area (Å²) in [4.78, 5) is 0.890. The lowest BCUT2D eigenvalue weighted by Gasteiger charge is -1.98. The van der Waals surface area contributed by atoms with Gasteiger partial charge in [-0.05, 0) is 17.5 Å². The van der Waals surface area contributed by atoms with E-state index in [0.29, 0.717) is 0 Å². The summed E-state index contributed by atoms with van der Waals surface area (Å²) in [5.74, 6) is 0.156. The van der Waals surface area contributed by atoms with Crippen LogP contribution in [0.1, 0.15) is 16.1 Å². The predicted molar refractivity (Wildman–Crippen MR) is 76.2 cm³/mol. The second-order valence-electron chi connectivity index (χ2n) is 3.85. The number of aromatic nitrogens is 2. The third-order valence-corrected chi connectivity index (χ3v) is 3.44. The summed E-state index contributed by atoms with van der Waals surface area (Å²) in [5, 5.41) is 33.4. The third-order valence-electron chi connectivity index (χ3n) is 2.62. The highest BCUT2D eigenvalue weighted by Crippen LogP contribution is 2.25. The van der Waals surface area contributed by atoms with Gasteiger partial charge < -0.3 is 10.8 Å². The van der Waals surface area contributed by atoms with Crippen molar-refractivity contribution in [3.05, 3.63) is 33.6 Å². The minimum absolute atomic E-state index is 0.146. The molecule has 0 saturated heterocycles. The second-order valence-corrected chi connectivity index (χ2v) is 4.83. The van der Waals surface area contributed by atoms with E-state index >= 15 is 0 Å². The molecular formula is C13H11N5OS. The van der Waals surface area contributed by atoms with Crippen molar-refractivity contribution in [2.24, 2.45) is 0 Å². The van der Waals surface area contributed by atoms with Crippen molar-refractivity contribution >= 4 is 28.8 Å². The monoisotopic (exact) mass is 285 g/mol. The number of rotatable bonds is 4. The molecule has 0 saturated carbocycles. The first-order valence-electron chi connectivity index (χ1n) is 5.74. The number of hydrogen-bond donors (Lipinski definition) is 2. The standard InChI is InChI=1S/C13H11N5OS/c14-7-9(6-10-2-1-5-20-10)12-11(8-15)13(16)18(17-12)3-4-19/h1-2,5-6,19H,3-4,16H2. The topological polar surface area (TPSA) is 112 Å². The van der Waals surface area contributed by atoms with Gasteiger partial charge in [0.15, 0.2) is 0 Å². The number of nitrogens with zero attached hydrogens (tertiary/aromatic N) is 4. The van der Waals surface area contributed by atoms with Crippen LogP contribution in [0.4, 0.5) is 5.82 Å². The SMILES string of the molecule is N#CC(=Cc1cccs1)c1nn(CCO)c(N)c1C#N. The van der Waals surface area contributed by atoms with Crippen LogP contribution in [-0.2, 0) is 6.54 Å². The van der Waals surface area contributed by atoms with Crippen LogP contribution in [0.3, 0.4) is 0 Å². The van der Waals surface area contributed by atoms with E-state index in [4.69, 9.17) is 10.8 Å². The maximum absolute atomic E-state index is 9.27. The number of nitriles is 2. The molecule has 100 valence electrons. The zero-order valence-corrected chi connectivity index (χ0v) is 11.3. The Kier molecular flexibility index (Phi) is 4.16. The normalized spacial score (nSPS) is 11.1. The van der Waals surface area contributed by atoms with Crippen LogP contribution in [0.2, 0.25) is 0 Å². The van der Waals surface area contributed by atoms with Gasteiger partial charge in [0, 0.05) is 4.88 Å². The Bertz CT molecular complexity index is 715. The van der Waals surface area contributed by atoms with Gasteiger partial charge in [-0.25, -0.2) is 4.68 Å². The quantitative estimate of drug-likeness (QED) is 0.826. The molecule has 0 aliphatic rings. The second kappa shape index (κ2) is 6.02. The fourth-order valence-corrected chi connectivity index (χ4v) is 2.37. The highest BCUT2D eigenvalue weighted by Gasteiger charge is 2.18. The zero-order valence-electron chi connectivity index (χ0n) is 10.4. The van der Waals surface area contributed by atoms with Crippen LogP contribution in [0, 0.1) is 22.7 Å². The Hall–Kier alpha value is -2.61. The van der Waals surface area contributed by atoms with Crippen molar-refractivity contribution in [1.82, 2.24) is 9.78 Å². The lowest BCUT2D eigenvalue weighted by atomic mass is 10.1. The molecule has 7 heteroatoms. The number of nitrogen functional groups attached to an aromatic ring is 1. The summed E-state index contributed by atoms with van der Waals surface area (Å²) in [7, 11) is 0. The first-order chi connectivity index (χ1) is 9.71. The van der Waals surface area contributed by atoms with E-state index in [9.17, 15) is 10.5 Å². The van der Waals surface area contributed by atoms with Gasteiger partial charge in [0.25, 0.3) is 0 Å². The Balaban J connectivity index is 2.54. The van der Waals surface area contributed by atoms with Gasteiger partial charge in [0.1, 0.15) is 29.2 Å². The summed E-state index contributed by atoms with van der Waals surface area (Å²) in [6.45, 7) is 0.0327. The maximum atomic E-state index is 9.27. The molecule has 0 amide bonds. The molecule has 2 rings (SSSR count). The lowest BCUT2D eigenvalue weighted by molar-refractivity contribution is 0.270. The summed E-state index contributed by atoms with van der Waals surface area (Å²) in [6, 6.07) is 7.73. The van der Waals surface area contributed by atoms with Crippen LogP contribution in [0.15, 0.2) is 17.5 Å². The molecule has 2 heterocycles. The Morgan fingerprint density at radius 3 is 2.90 bits per heavy atom. The van der Waals surface area contributed by atoms with Gasteiger partial charge in [0.2, 0.25) is 0 Å². The molecule has 3 N–H and O–H groups in total. The molecule has 20 heavy (non-hydrogen) atoms. The average molecular weight is 285 g/mol. The maximum Gasteiger partial charge on any atom is 0.140 e. The van der Waals surface area contributed by atoms with Gasteiger partial charge in [-0.15, -0.1) is 11.3 Å². The molecule has 0 aliphatic heterocycles. The minimum atomic E-state index is -0.146. The van der Waals surface area contributed by atoms with Crippen molar-refractivity contribution in [3.63, 3.8) is 0 Å². The van der Waals surface area contributed by atoms with Gasteiger partial charge >= 0.3 is 0 Å². The van der Waals surface area contributed by atoms with Crippen molar-refractivity contribution in [1.29, 1.82) is 10.5 Å². The number of allylic oxidation sites excluding steroid dienone is 1. The summed E-state index contributed by atoms with van der Waals surface area (Å²) in [6.07, 6.45) is 1.66. The zero-order chi connectivity index (χ0) is 14.5. The molecule has 0 aliphatic carbocycles. The molecule has 0 fully saturated rings. The number of hydrogen-bond acceptors (Lipinski definition) is 6. The molecule has 0 bridgehead atoms. The fraction of sp³-hybridized carbons (Fsp3) is 0.154. The van der Waals surface area contributed by atoms with Crippen molar-refractivity contribution in [2.75, 3.05) is 12.3 Å². The van der Waals surface area contributed by atoms with E-state index in [-0.39, 0.29) is 35.8 Å². The molecular weight excluding hydrogens is 274 g/mol. The number of aliphatic hydroxyl groups is 1. The van der Waals surface area contributed by atoms with Crippen molar-refractivity contribution < 1.29 is 5.11 Å². The first-order valence-corrected chi connectivity index (χ1v) is 6.62. The lowest BCUT2D eigenvalue weighted by Crippen LogP contribution is -2.07. The van der Waals surface area contributed by atoms with E-state index in [1.807, 2.05) is 29.7 Å². The van der Waals surface area contributed by atoms with Crippen molar-refractivity contribution in [2.45, 2.75) is 6.54 Å². The van der Waals surface area contributed by atoms with Gasteiger partial charge in [-0.1, -0.05) is 6.07 Å². The average Bonchev–Trinajstić information content (AvgIpc) is 3.05. The van der Waals surface area contributed by atoms with Gasteiger partial charge in [-0.2, -0.15) is 15.6 Å². The molecule has 0 aromatic carbocycles. The van der Waals surface area contributed by atoms with Crippen LogP contribution < -0.4 is 5.73 Å². The fourth-order valence-electron chi connectivity index (χ4n) is 1.71. The van der Waals surface area contributed by atoms with Crippen LogP contribution >= 0.6 is 11.3 Å². The van der Waals surface area contributed by atoms with E-state index in [1.165, 1.54) is 16.0 Å². The predicted octanol–water partition coefficient (Wildman–Crippen LogP) is 1.45. The highest BCUT2D eigenvalue weighted by atomic mass is 32.1. The van der Waals surface area contributed by atoms with E-state index in [0.717, 1.165) is 4.88 Å². The Labute approximate surface area is 119 Å². The third kappa shape index (κ3) is 2.54. The smallest absolute Gasteiger partial charge is 0.140 e. The number of thiophene rings is 1. The van der Waals surface area contributed by atoms with Crippen LogP contribution in [0.25, 0.3) is 11.6 Å². The number of aliphatic hydroxyl groups excluding tert-OH is 1. The van der Waals surface area contributed by atoms with Gasteiger partial charge in [0.05, 0.1) is 18.7 Å². The van der Waals surface area contributed by atoms with Gasteiger partial charge in [-0.3, -0.25) is 0 Å². The first kappa shape index (κ1) is 13.8. The number of nitrogens with two attached hydrogens (primary N) is 1. The Morgan fingerprint density at radius 2 is 2.35 bits per heavy atom. The largest absolute Gasteiger partial charge is 0.394 e. The molecule has 2 aromatic rings. The highest BCUT2D eigenvalue weighted by molar-refractivity contribution is 7.10. The van der Waals surface area contributed by atoms with Crippen LogP contribution in [0.5, 0.6) is 0 Å². The molecule has 0 spiro atoms. The molecule has 0 atom stereocenters. The molecule has 6 nitrogen and oxygen atoms in total. The summed E-state index contributed by atoms with van der Waals surface area (Å²) >= 11 is 1.48. The van der Waals surface area contributed by atoms with Crippen LogP contribution in [-0.4, -0.2) is 21.5 Å². The minimum Gasteiger partial charge on any atom is -0.394 e. The van der Waals surface area contributed by atoms with E-state index in [2.05, 4.69) is 5.10 Å². The molecule has 2 aromatic heterocycles. The summed E-state index contributed by atoms with van der Waals surface area (Å²) in [5.41, 5.74) is 6.47. The number of anilines is 1. The van der Waals surface area contributed by atoms with E-state index in [1.54, 1.807) is 6.08 Å². The molecule has 0 unspecified atom stereocenters. The Morgan fingerprint density at radius 1 is 1.55 bits per heavy atom. The van der Waals surface area contributed by atoms with E-state index < -0.39 is 0 Å².